The van der Waals surface area contributed by atoms with E-state index >= 15 is 0 Å². The van der Waals surface area contributed by atoms with Crippen LogP contribution in [0, 0.1) is 12.3 Å². The van der Waals surface area contributed by atoms with E-state index in [1.54, 1.807) is 0 Å². The van der Waals surface area contributed by atoms with Gasteiger partial charge in [-0.15, -0.1) is 6.42 Å². The van der Waals surface area contributed by atoms with Gasteiger partial charge in [0.25, 0.3) is 0 Å². The maximum atomic E-state index is 5.97. The first kappa shape index (κ1) is 14.5. The Bertz CT molecular complexity index is 261. The van der Waals surface area contributed by atoms with E-state index in [0.29, 0.717) is 12.6 Å². The fraction of sp³-hybridized carbons (Fsp3) is 0.857. The molecule has 3 N–H and O–H groups in total. The lowest BCUT2D eigenvalue weighted by Crippen LogP contribution is -2.59. The van der Waals surface area contributed by atoms with Crippen LogP contribution in [0.2, 0.25) is 0 Å². The first-order valence-electron chi connectivity index (χ1n) is 6.75. The molecule has 1 heterocycles. The largest absolute Gasteiger partial charge is 0.378 e. The molecule has 3 atom stereocenters. The molecule has 3 unspecified atom stereocenters. The molecule has 1 aliphatic heterocycles. The lowest BCUT2D eigenvalue weighted by atomic mass is 9.84. The van der Waals surface area contributed by atoms with Crippen LogP contribution in [0.4, 0.5) is 0 Å². The van der Waals surface area contributed by atoms with E-state index in [-0.39, 0.29) is 11.6 Å². The van der Waals surface area contributed by atoms with Crippen molar-refractivity contribution in [1.29, 1.82) is 0 Å². The van der Waals surface area contributed by atoms with E-state index < -0.39 is 0 Å². The normalized spacial score (nSPS) is 30.8. The smallest absolute Gasteiger partial charge is 0.0691 e. The van der Waals surface area contributed by atoms with Gasteiger partial charge in [-0.05, 0) is 25.7 Å². The van der Waals surface area contributed by atoms with Crippen molar-refractivity contribution in [2.45, 2.75) is 63.6 Å². The first-order valence-corrected chi connectivity index (χ1v) is 6.75. The van der Waals surface area contributed by atoms with Gasteiger partial charge in [-0.2, -0.15) is 0 Å². The predicted molar refractivity (Wildman–Crippen MR) is 71.7 cm³/mol. The lowest BCUT2D eigenvalue weighted by molar-refractivity contribution is -0.0296. The van der Waals surface area contributed by atoms with E-state index in [1.165, 1.54) is 0 Å². The van der Waals surface area contributed by atoms with E-state index in [1.807, 2.05) is 0 Å². The van der Waals surface area contributed by atoms with Gasteiger partial charge in [-0.1, -0.05) is 26.2 Å². The fourth-order valence-corrected chi connectivity index (χ4v) is 2.51. The number of terminal acetylenes is 1. The molecule has 0 aromatic heterocycles. The molecular formula is C14H26N2O. The summed E-state index contributed by atoms with van der Waals surface area (Å²) in [6, 6.07) is 0.138. The van der Waals surface area contributed by atoms with Crippen molar-refractivity contribution in [3.63, 3.8) is 0 Å². The van der Waals surface area contributed by atoms with E-state index in [4.69, 9.17) is 16.9 Å². The third-order valence-electron chi connectivity index (χ3n) is 3.66. The Balaban J connectivity index is 2.64. The summed E-state index contributed by atoms with van der Waals surface area (Å²) in [4.78, 5) is 0. The van der Waals surface area contributed by atoms with Gasteiger partial charge in [0.15, 0.2) is 0 Å². The second kappa shape index (κ2) is 7.00. The van der Waals surface area contributed by atoms with Gasteiger partial charge in [0.2, 0.25) is 0 Å². The molecule has 1 rings (SSSR count). The van der Waals surface area contributed by atoms with Crippen LogP contribution in [-0.2, 0) is 4.74 Å². The summed E-state index contributed by atoms with van der Waals surface area (Å²) in [5.41, 5.74) is 5.94. The molecule has 0 aromatic carbocycles. The zero-order valence-corrected chi connectivity index (χ0v) is 11.2. The number of rotatable bonds is 6. The van der Waals surface area contributed by atoms with Crippen LogP contribution in [-0.4, -0.2) is 30.8 Å². The number of nitrogens with one attached hydrogen (secondary N) is 1. The van der Waals surface area contributed by atoms with Crippen LogP contribution in [0.1, 0.15) is 46.0 Å². The van der Waals surface area contributed by atoms with E-state index in [2.05, 4.69) is 25.1 Å². The summed E-state index contributed by atoms with van der Waals surface area (Å²) in [5.74, 6) is 2.83. The Morgan fingerprint density at radius 3 is 2.88 bits per heavy atom. The Kier molecular flexibility index (Phi) is 5.97. The van der Waals surface area contributed by atoms with Gasteiger partial charge in [-0.3, -0.25) is 5.32 Å². The van der Waals surface area contributed by atoms with Crippen LogP contribution < -0.4 is 11.1 Å². The lowest BCUT2D eigenvalue weighted by Gasteiger charge is -2.42. The summed E-state index contributed by atoms with van der Waals surface area (Å²) < 4.78 is 5.71. The van der Waals surface area contributed by atoms with Crippen molar-refractivity contribution in [3.8, 4) is 12.3 Å². The highest BCUT2D eigenvalue weighted by atomic mass is 16.5. The number of nitrogens with two attached hydrogens (primary N) is 1. The quantitative estimate of drug-likeness (QED) is 0.692. The summed E-state index contributed by atoms with van der Waals surface area (Å²) in [6.45, 7) is 5.73. The minimum atomic E-state index is -0.0227. The average Bonchev–Trinajstić information content (AvgIpc) is 2.38. The standard InChI is InChI=1S/C14H26N2O/c1-4-7-12(5-2)16-14(11-15)8-9-17-13(6-3)10-14/h2,12-13,16H,4,6-11,15H2,1,3H3. The van der Waals surface area contributed by atoms with Gasteiger partial charge < -0.3 is 10.5 Å². The van der Waals surface area contributed by atoms with Gasteiger partial charge in [0.1, 0.15) is 0 Å². The molecule has 17 heavy (non-hydrogen) atoms. The van der Waals surface area contributed by atoms with E-state index in [9.17, 15) is 0 Å². The van der Waals surface area contributed by atoms with Crippen molar-refractivity contribution >= 4 is 0 Å². The van der Waals surface area contributed by atoms with Crippen LogP contribution in [0.5, 0.6) is 0 Å². The number of ether oxygens (including phenoxy) is 1. The van der Waals surface area contributed by atoms with E-state index in [0.717, 1.165) is 38.7 Å². The van der Waals surface area contributed by atoms with Crippen molar-refractivity contribution < 1.29 is 4.74 Å². The summed E-state index contributed by atoms with van der Waals surface area (Å²) >= 11 is 0. The Morgan fingerprint density at radius 2 is 2.35 bits per heavy atom. The first-order chi connectivity index (χ1) is 8.19. The maximum Gasteiger partial charge on any atom is 0.0691 e. The molecule has 3 heteroatoms. The molecule has 0 spiro atoms. The monoisotopic (exact) mass is 238 g/mol. The molecule has 0 aliphatic carbocycles. The summed E-state index contributed by atoms with van der Waals surface area (Å²) in [7, 11) is 0. The molecule has 3 nitrogen and oxygen atoms in total. The van der Waals surface area contributed by atoms with Crippen molar-refractivity contribution in [2.75, 3.05) is 13.2 Å². The number of hydrogen-bond donors (Lipinski definition) is 2. The molecular weight excluding hydrogens is 212 g/mol. The van der Waals surface area contributed by atoms with Crippen LogP contribution in [0.25, 0.3) is 0 Å². The van der Waals surface area contributed by atoms with Gasteiger partial charge in [-0.25, -0.2) is 0 Å². The molecule has 0 saturated carbocycles. The molecule has 0 amide bonds. The Labute approximate surface area is 105 Å². The predicted octanol–water partition coefficient (Wildman–Crippen LogP) is 1.66. The second-order valence-corrected chi connectivity index (χ2v) is 4.99. The van der Waals surface area contributed by atoms with Gasteiger partial charge in [0.05, 0.1) is 12.1 Å². The minimum absolute atomic E-state index is 0.0227. The highest BCUT2D eigenvalue weighted by Gasteiger charge is 2.36. The molecule has 98 valence electrons. The second-order valence-electron chi connectivity index (χ2n) is 4.99. The van der Waals surface area contributed by atoms with Crippen LogP contribution >= 0.6 is 0 Å². The van der Waals surface area contributed by atoms with Crippen molar-refractivity contribution in [3.05, 3.63) is 0 Å². The summed E-state index contributed by atoms with van der Waals surface area (Å²) in [5, 5.41) is 3.59. The zero-order chi connectivity index (χ0) is 12.7. The van der Waals surface area contributed by atoms with Crippen molar-refractivity contribution in [1.82, 2.24) is 5.32 Å². The average molecular weight is 238 g/mol. The third kappa shape index (κ3) is 3.99. The molecule has 0 radical (unpaired) electrons. The van der Waals surface area contributed by atoms with Crippen LogP contribution in [0.3, 0.4) is 0 Å². The molecule has 1 fully saturated rings. The molecule has 0 aromatic rings. The highest BCUT2D eigenvalue weighted by molar-refractivity contribution is 5.05. The highest BCUT2D eigenvalue weighted by Crippen LogP contribution is 2.26. The van der Waals surface area contributed by atoms with Gasteiger partial charge >= 0.3 is 0 Å². The SMILES string of the molecule is C#CC(CCC)NC1(CN)CCOC(CC)C1. The Hall–Kier alpha value is -0.560. The molecule has 1 saturated heterocycles. The van der Waals surface area contributed by atoms with Gasteiger partial charge in [0, 0.05) is 18.7 Å². The minimum Gasteiger partial charge on any atom is -0.378 e. The maximum absolute atomic E-state index is 5.97. The molecule has 1 aliphatic rings. The molecule has 0 bridgehead atoms. The third-order valence-corrected chi connectivity index (χ3v) is 3.66. The topological polar surface area (TPSA) is 47.3 Å². The fourth-order valence-electron chi connectivity index (χ4n) is 2.51. The van der Waals surface area contributed by atoms with Crippen molar-refractivity contribution in [2.24, 2.45) is 5.73 Å². The summed E-state index contributed by atoms with van der Waals surface area (Å²) in [6.07, 6.45) is 11.0. The van der Waals surface area contributed by atoms with Crippen LogP contribution in [0.15, 0.2) is 0 Å². The zero-order valence-electron chi connectivity index (χ0n) is 11.2. The number of hydrogen-bond acceptors (Lipinski definition) is 3. The Morgan fingerprint density at radius 1 is 1.59 bits per heavy atom.